The second kappa shape index (κ2) is 8.20. The van der Waals surface area contributed by atoms with Crippen LogP contribution in [0.1, 0.15) is 71.1 Å². The van der Waals surface area contributed by atoms with E-state index in [-0.39, 0.29) is 30.3 Å². The molecule has 0 bridgehead atoms. The van der Waals surface area contributed by atoms with Crippen LogP contribution in [0.2, 0.25) is 0 Å². The molecule has 6 atom stereocenters. The lowest BCUT2D eigenvalue weighted by Gasteiger charge is -2.37. The summed E-state index contributed by atoms with van der Waals surface area (Å²) >= 11 is 0. The minimum Gasteiger partial charge on any atom is -0.481 e. The van der Waals surface area contributed by atoms with Crippen molar-refractivity contribution in [3.05, 3.63) is 0 Å². The summed E-state index contributed by atoms with van der Waals surface area (Å²) in [6.07, 6.45) is 9.61. The number of hydrogen-bond donors (Lipinski definition) is 3. The topological polar surface area (TPSA) is 98.7 Å². The molecule has 0 aromatic heterocycles. The molecule has 6 unspecified atom stereocenters. The van der Waals surface area contributed by atoms with E-state index in [2.05, 4.69) is 22.1 Å². The number of carboxylic acid groups (broad SMARTS) is 1. The Morgan fingerprint density at radius 2 is 1.82 bits per heavy atom. The number of hydrogen-bond acceptors (Lipinski definition) is 5. The Labute approximate surface area is 168 Å². The summed E-state index contributed by atoms with van der Waals surface area (Å²) in [5.41, 5.74) is 3.43. The molecule has 4 rings (SSSR count). The zero-order valence-electron chi connectivity index (χ0n) is 16.8. The van der Waals surface area contributed by atoms with Gasteiger partial charge in [0.1, 0.15) is 0 Å². The van der Waals surface area contributed by atoms with E-state index in [1.807, 2.05) is 0 Å². The molecule has 0 radical (unpaired) electrons. The number of rotatable bonds is 5. The predicted octanol–water partition coefficient (Wildman–Crippen LogP) is 2.30. The van der Waals surface area contributed by atoms with Gasteiger partial charge in [0.2, 0.25) is 10.0 Å². The number of aliphatic carboxylic acids is 1. The molecule has 1 aliphatic heterocycles. The van der Waals surface area contributed by atoms with Crippen molar-refractivity contribution in [2.24, 2.45) is 23.7 Å². The fourth-order valence-electron chi connectivity index (χ4n) is 6.15. The molecule has 3 aliphatic carbocycles. The molecule has 160 valence electrons. The molecule has 1 saturated heterocycles. The van der Waals surface area contributed by atoms with Crippen LogP contribution in [0, 0.1) is 23.7 Å². The Balaban J connectivity index is 1.44. The van der Waals surface area contributed by atoms with Crippen LogP contribution in [0.5, 0.6) is 0 Å². The Morgan fingerprint density at radius 3 is 2.54 bits per heavy atom. The maximum absolute atomic E-state index is 13.3. The van der Waals surface area contributed by atoms with Gasteiger partial charge < -0.3 is 5.11 Å². The number of carbonyl (C=O) groups is 1. The van der Waals surface area contributed by atoms with Crippen molar-refractivity contribution in [1.29, 1.82) is 0 Å². The first-order chi connectivity index (χ1) is 13.3. The second-order valence-corrected chi connectivity index (χ2v) is 11.5. The number of carboxylic acids is 1. The number of nitrogens with zero attached hydrogens (tertiary/aromatic N) is 1. The van der Waals surface area contributed by atoms with Gasteiger partial charge in [0.15, 0.2) is 0 Å². The van der Waals surface area contributed by atoms with E-state index < -0.39 is 27.2 Å². The van der Waals surface area contributed by atoms with Gasteiger partial charge in [0.05, 0.1) is 17.3 Å². The molecule has 0 spiro atoms. The van der Waals surface area contributed by atoms with Crippen LogP contribution in [-0.2, 0) is 14.8 Å². The lowest BCUT2D eigenvalue weighted by atomic mass is 9.75. The number of nitrogens with one attached hydrogen (secondary N) is 2. The fourth-order valence-corrected chi connectivity index (χ4v) is 8.27. The molecule has 4 aliphatic rings. The highest BCUT2D eigenvalue weighted by atomic mass is 32.2. The van der Waals surface area contributed by atoms with E-state index in [0.717, 1.165) is 25.8 Å². The van der Waals surface area contributed by atoms with Crippen LogP contribution in [-0.4, -0.2) is 48.5 Å². The molecule has 4 fully saturated rings. The quantitative estimate of drug-likeness (QED) is 0.640. The maximum Gasteiger partial charge on any atom is 0.306 e. The number of hydrazine groups is 1. The molecular formula is C20H35N3O4S. The molecule has 28 heavy (non-hydrogen) atoms. The molecular weight excluding hydrogens is 378 g/mol. The van der Waals surface area contributed by atoms with Crippen LogP contribution in [0.25, 0.3) is 0 Å². The SMILES string of the molecule is CC1CN(C2CCCCC2)NC1NS(=O)(=O)C1CC(C(=O)O)CC2CCCC21. The molecule has 8 heteroatoms. The molecule has 7 nitrogen and oxygen atoms in total. The van der Waals surface area contributed by atoms with E-state index in [9.17, 15) is 18.3 Å². The first kappa shape index (κ1) is 20.6. The van der Waals surface area contributed by atoms with Crippen molar-refractivity contribution in [2.45, 2.75) is 88.6 Å². The monoisotopic (exact) mass is 413 g/mol. The van der Waals surface area contributed by atoms with Crippen LogP contribution in [0.15, 0.2) is 0 Å². The molecule has 0 aromatic rings. The Bertz CT molecular complexity index is 679. The van der Waals surface area contributed by atoms with E-state index in [1.54, 1.807) is 0 Å². The number of fused-ring (bicyclic) bond motifs is 1. The smallest absolute Gasteiger partial charge is 0.306 e. The predicted molar refractivity (Wildman–Crippen MR) is 107 cm³/mol. The molecule has 1 heterocycles. The average molecular weight is 414 g/mol. The summed E-state index contributed by atoms with van der Waals surface area (Å²) in [6.45, 7) is 2.94. The normalized spacial score (nSPS) is 40.5. The van der Waals surface area contributed by atoms with Gasteiger partial charge in [-0.3, -0.25) is 4.79 Å². The van der Waals surface area contributed by atoms with E-state index in [0.29, 0.717) is 12.5 Å². The second-order valence-electron chi connectivity index (χ2n) is 9.59. The minimum absolute atomic E-state index is 0.110. The molecule has 0 amide bonds. The molecule has 0 aromatic carbocycles. The summed E-state index contributed by atoms with van der Waals surface area (Å²) in [5.74, 6) is -0.840. The lowest BCUT2D eigenvalue weighted by Crippen LogP contribution is -2.54. The van der Waals surface area contributed by atoms with Gasteiger partial charge in [-0.2, -0.15) is 4.72 Å². The Kier molecular flexibility index (Phi) is 6.03. The van der Waals surface area contributed by atoms with Gasteiger partial charge >= 0.3 is 5.97 Å². The van der Waals surface area contributed by atoms with Crippen molar-refractivity contribution in [3.8, 4) is 0 Å². The van der Waals surface area contributed by atoms with Gasteiger partial charge in [-0.25, -0.2) is 18.9 Å². The summed E-state index contributed by atoms with van der Waals surface area (Å²) in [6, 6.07) is 0.496. The highest BCUT2D eigenvalue weighted by Crippen LogP contribution is 2.46. The van der Waals surface area contributed by atoms with Crippen molar-refractivity contribution in [3.63, 3.8) is 0 Å². The Morgan fingerprint density at radius 1 is 1.07 bits per heavy atom. The fraction of sp³-hybridized carbons (Fsp3) is 0.950. The van der Waals surface area contributed by atoms with Crippen LogP contribution >= 0.6 is 0 Å². The van der Waals surface area contributed by atoms with Crippen molar-refractivity contribution in [2.75, 3.05) is 6.54 Å². The van der Waals surface area contributed by atoms with Crippen LogP contribution < -0.4 is 10.1 Å². The van der Waals surface area contributed by atoms with Gasteiger partial charge in [0, 0.05) is 18.5 Å². The summed E-state index contributed by atoms with van der Waals surface area (Å²) in [7, 11) is -3.58. The number of sulfonamides is 1. The highest BCUT2D eigenvalue weighted by Gasteiger charge is 2.49. The Hall–Kier alpha value is -0.700. The summed E-state index contributed by atoms with van der Waals surface area (Å²) < 4.78 is 29.6. The minimum atomic E-state index is -3.58. The zero-order valence-corrected chi connectivity index (χ0v) is 17.7. The third-order valence-electron chi connectivity index (χ3n) is 7.71. The highest BCUT2D eigenvalue weighted by molar-refractivity contribution is 7.90. The first-order valence-corrected chi connectivity index (χ1v) is 12.7. The summed E-state index contributed by atoms with van der Waals surface area (Å²) in [4.78, 5) is 11.6. The molecule has 3 N–H and O–H groups in total. The van der Waals surface area contributed by atoms with Gasteiger partial charge in [-0.1, -0.05) is 39.0 Å². The third kappa shape index (κ3) is 4.11. The van der Waals surface area contributed by atoms with Crippen LogP contribution in [0.4, 0.5) is 0 Å². The first-order valence-electron chi connectivity index (χ1n) is 11.1. The molecule has 3 saturated carbocycles. The van der Waals surface area contributed by atoms with Gasteiger partial charge in [-0.05, 0) is 43.9 Å². The largest absolute Gasteiger partial charge is 0.481 e. The van der Waals surface area contributed by atoms with Crippen molar-refractivity contribution >= 4 is 16.0 Å². The van der Waals surface area contributed by atoms with Crippen molar-refractivity contribution in [1.82, 2.24) is 15.2 Å². The van der Waals surface area contributed by atoms with Crippen LogP contribution in [0.3, 0.4) is 0 Å². The van der Waals surface area contributed by atoms with Crippen molar-refractivity contribution < 1.29 is 18.3 Å². The summed E-state index contributed by atoms with van der Waals surface area (Å²) in [5, 5.41) is 11.2. The maximum atomic E-state index is 13.3. The van der Waals surface area contributed by atoms with E-state index in [1.165, 1.54) is 32.1 Å². The van der Waals surface area contributed by atoms with E-state index >= 15 is 0 Å². The average Bonchev–Trinajstić information content (AvgIpc) is 3.28. The third-order valence-corrected chi connectivity index (χ3v) is 9.63. The zero-order chi connectivity index (χ0) is 19.9. The van der Waals surface area contributed by atoms with E-state index in [4.69, 9.17) is 0 Å². The van der Waals surface area contributed by atoms with Gasteiger partial charge in [0.25, 0.3) is 0 Å². The lowest BCUT2D eigenvalue weighted by molar-refractivity contribution is -0.143. The van der Waals surface area contributed by atoms with Gasteiger partial charge in [-0.15, -0.1) is 0 Å². The standard InChI is InChI=1S/C20H35N3O4S/c1-13-12-23(16-7-3-2-4-8-16)21-19(13)22-28(26,27)18-11-15(20(24)25)10-14-6-5-9-17(14)18/h13-19,21-22H,2-12H2,1H3,(H,24,25).